The van der Waals surface area contributed by atoms with Crippen LogP contribution in [0.15, 0.2) is 0 Å². The molecular formula is C3H8S2Sn. The zero-order valence-electron chi connectivity index (χ0n) is 4.02. The van der Waals surface area contributed by atoms with Crippen LogP contribution in [0.5, 0.6) is 0 Å². The van der Waals surface area contributed by atoms with Gasteiger partial charge in [-0.3, -0.25) is 0 Å². The molecule has 0 bridgehead atoms. The number of hydrogen-bond acceptors (Lipinski definition) is 2. The Balaban J connectivity index is 2.34. The predicted octanol–water partition coefficient (Wildman–Crippen LogP) is 1.64. The fourth-order valence-electron chi connectivity index (χ4n) is 0.118. The van der Waals surface area contributed by atoms with Crippen molar-refractivity contribution >= 4 is 36.3 Å². The SMILES string of the molecule is CC[S][Sn][S]C. The molecule has 0 amide bonds. The fraction of sp³-hybridized carbons (Fsp3) is 1.00. The van der Waals surface area contributed by atoms with Crippen molar-refractivity contribution in [3.05, 3.63) is 0 Å². The van der Waals surface area contributed by atoms with Gasteiger partial charge in [-0.05, 0) is 0 Å². The summed E-state index contributed by atoms with van der Waals surface area (Å²) in [7, 11) is 4.20. The first-order chi connectivity index (χ1) is 2.91. The molecule has 3 heteroatoms. The summed E-state index contributed by atoms with van der Waals surface area (Å²) < 4.78 is 0. The van der Waals surface area contributed by atoms with Gasteiger partial charge in [-0.1, -0.05) is 0 Å². The average Bonchev–Trinajstić information content (AvgIpc) is 1.61. The third-order valence-corrected chi connectivity index (χ3v) is 11.5. The van der Waals surface area contributed by atoms with E-state index >= 15 is 0 Å². The minimum atomic E-state index is 0.0329. The van der Waals surface area contributed by atoms with Crippen molar-refractivity contribution in [2.75, 3.05) is 12.0 Å². The molecule has 2 radical (unpaired) electrons. The Morgan fingerprint density at radius 1 is 1.67 bits per heavy atom. The van der Waals surface area contributed by atoms with Crippen molar-refractivity contribution in [1.82, 2.24) is 0 Å². The molecule has 6 heavy (non-hydrogen) atoms. The Labute approximate surface area is 55.0 Å². The van der Waals surface area contributed by atoms with E-state index < -0.39 is 0 Å². The molecule has 0 aliphatic heterocycles. The van der Waals surface area contributed by atoms with E-state index in [1.807, 2.05) is 0 Å². The van der Waals surface area contributed by atoms with E-state index in [0.717, 1.165) is 0 Å². The van der Waals surface area contributed by atoms with Crippen molar-refractivity contribution in [3.63, 3.8) is 0 Å². The van der Waals surface area contributed by atoms with Gasteiger partial charge in [-0.2, -0.15) is 0 Å². The molecule has 0 aromatic heterocycles. The summed E-state index contributed by atoms with van der Waals surface area (Å²) in [6.07, 6.45) is 2.20. The van der Waals surface area contributed by atoms with E-state index in [1.54, 1.807) is 0 Å². The normalized spacial score (nSPS) is 9.00. The first-order valence-electron chi connectivity index (χ1n) is 1.81. The summed E-state index contributed by atoms with van der Waals surface area (Å²) in [5.74, 6) is 1.33. The first kappa shape index (κ1) is 7.50. The molecule has 0 aliphatic rings. The molecule has 0 N–H and O–H groups in total. The van der Waals surface area contributed by atoms with Gasteiger partial charge in [-0.15, -0.1) is 0 Å². The molecule has 0 atom stereocenters. The van der Waals surface area contributed by atoms with Crippen molar-refractivity contribution in [1.29, 1.82) is 0 Å². The van der Waals surface area contributed by atoms with E-state index in [-0.39, 0.29) is 18.4 Å². The molecule has 0 spiro atoms. The van der Waals surface area contributed by atoms with Crippen LogP contribution in [-0.2, 0) is 0 Å². The van der Waals surface area contributed by atoms with Crippen LogP contribution in [0.25, 0.3) is 0 Å². The van der Waals surface area contributed by atoms with Crippen LogP contribution >= 0.6 is 17.9 Å². The van der Waals surface area contributed by atoms with E-state index in [1.165, 1.54) is 5.75 Å². The number of hydrogen-bond donors (Lipinski definition) is 0. The van der Waals surface area contributed by atoms with Crippen molar-refractivity contribution < 1.29 is 0 Å². The molecule has 0 aliphatic carbocycles. The first-order valence-corrected chi connectivity index (χ1v) is 11.0. The zero-order chi connectivity index (χ0) is 4.83. The van der Waals surface area contributed by atoms with Crippen LogP contribution in [0.1, 0.15) is 6.92 Å². The van der Waals surface area contributed by atoms with E-state index in [0.29, 0.717) is 0 Å². The Morgan fingerprint density at radius 2 is 2.33 bits per heavy atom. The molecular weight excluding hydrogens is 219 g/mol. The molecule has 0 nitrogen and oxygen atoms in total. The van der Waals surface area contributed by atoms with Gasteiger partial charge in [-0.25, -0.2) is 0 Å². The van der Waals surface area contributed by atoms with Gasteiger partial charge in [0, 0.05) is 0 Å². The fourth-order valence-corrected chi connectivity index (χ4v) is 7.12. The van der Waals surface area contributed by atoms with Gasteiger partial charge >= 0.3 is 55.2 Å². The van der Waals surface area contributed by atoms with Crippen LogP contribution in [0.3, 0.4) is 0 Å². The van der Waals surface area contributed by atoms with Crippen LogP contribution in [-0.4, -0.2) is 30.4 Å². The Morgan fingerprint density at radius 3 is 2.50 bits per heavy atom. The van der Waals surface area contributed by atoms with Crippen molar-refractivity contribution in [2.45, 2.75) is 6.92 Å². The second kappa shape index (κ2) is 6.50. The molecule has 0 unspecified atom stereocenters. The van der Waals surface area contributed by atoms with Gasteiger partial charge < -0.3 is 0 Å². The van der Waals surface area contributed by atoms with Crippen LogP contribution < -0.4 is 0 Å². The Hall–Kier alpha value is 1.50. The van der Waals surface area contributed by atoms with E-state index in [4.69, 9.17) is 0 Å². The summed E-state index contributed by atoms with van der Waals surface area (Å²) in [4.78, 5) is 0. The molecule has 0 saturated heterocycles. The summed E-state index contributed by atoms with van der Waals surface area (Å²) in [5, 5.41) is 0. The average molecular weight is 227 g/mol. The summed E-state index contributed by atoms with van der Waals surface area (Å²) in [6.45, 7) is 2.22. The van der Waals surface area contributed by atoms with Gasteiger partial charge in [0.05, 0.1) is 0 Å². The number of rotatable bonds is 3. The summed E-state index contributed by atoms with van der Waals surface area (Å²) >= 11 is 0.0329. The second-order valence-electron chi connectivity index (χ2n) is 0.720. The third kappa shape index (κ3) is 5.50. The standard InChI is InChI=1S/C2H6S.CH4S.Sn/c1-2-3;1-2;/h3H,2H2,1H3;2H,1H3;/q;;+2/p-2. The van der Waals surface area contributed by atoms with Gasteiger partial charge in [0.15, 0.2) is 0 Å². The third-order valence-electron chi connectivity index (χ3n) is 0.287. The summed E-state index contributed by atoms with van der Waals surface area (Å²) in [6, 6.07) is 0. The van der Waals surface area contributed by atoms with E-state index in [9.17, 15) is 0 Å². The molecule has 0 heterocycles. The molecule has 36 valence electrons. The molecule has 0 saturated carbocycles. The van der Waals surface area contributed by atoms with E-state index in [2.05, 4.69) is 31.1 Å². The van der Waals surface area contributed by atoms with Crippen molar-refractivity contribution in [3.8, 4) is 0 Å². The van der Waals surface area contributed by atoms with Crippen molar-refractivity contribution in [2.24, 2.45) is 0 Å². The quantitative estimate of drug-likeness (QED) is 0.530. The molecule has 0 fully saturated rings. The second-order valence-corrected chi connectivity index (χ2v) is 12.9. The molecule has 0 aromatic carbocycles. The maximum atomic E-state index is 2.22. The van der Waals surface area contributed by atoms with Gasteiger partial charge in [0.25, 0.3) is 0 Å². The van der Waals surface area contributed by atoms with Crippen LogP contribution in [0.4, 0.5) is 0 Å². The van der Waals surface area contributed by atoms with Crippen LogP contribution in [0, 0.1) is 0 Å². The maximum absolute atomic E-state index is 2.22. The van der Waals surface area contributed by atoms with Crippen LogP contribution in [0.2, 0.25) is 0 Å². The minimum absolute atomic E-state index is 0.0329. The monoisotopic (exact) mass is 228 g/mol. The predicted molar refractivity (Wildman–Crippen MR) is 37.4 cm³/mol. The Bertz CT molecular complexity index is 20.8. The summed E-state index contributed by atoms with van der Waals surface area (Å²) in [5.41, 5.74) is 0. The van der Waals surface area contributed by atoms with Gasteiger partial charge in [0.1, 0.15) is 0 Å². The Kier molecular flexibility index (Phi) is 8.12. The molecule has 0 aromatic rings. The topological polar surface area (TPSA) is 0 Å². The van der Waals surface area contributed by atoms with Gasteiger partial charge in [0.2, 0.25) is 0 Å². The zero-order valence-corrected chi connectivity index (χ0v) is 8.51. The molecule has 0 rings (SSSR count).